The molecule has 1 fully saturated rings. The molecule has 3 aromatic rings. The molecule has 1 heterocycles. The van der Waals surface area contributed by atoms with E-state index in [1.165, 1.54) is 6.42 Å². The zero-order chi connectivity index (χ0) is 21.1. The van der Waals surface area contributed by atoms with Gasteiger partial charge in [-0.3, -0.25) is 14.4 Å². The number of rotatable bonds is 5. The van der Waals surface area contributed by atoms with Gasteiger partial charge in [-0.25, -0.2) is 0 Å². The van der Waals surface area contributed by atoms with Crippen molar-refractivity contribution in [1.82, 2.24) is 9.88 Å². The molecule has 0 radical (unpaired) electrons. The van der Waals surface area contributed by atoms with Crippen molar-refractivity contribution in [2.75, 3.05) is 0 Å². The minimum Gasteiger partial charge on any atom is -0.451 e. The van der Waals surface area contributed by atoms with Crippen molar-refractivity contribution in [3.63, 3.8) is 0 Å². The quantitative estimate of drug-likeness (QED) is 0.519. The van der Waals surface area contributed by atoms with Gasteiger partial charge in [-0.2, -0.15) is 0 Å². The van der Waals surface area contributed by atoms with Gasteiger partial charge in [0.25, 0.3) is 5.91 Å². The number of carbonyl (C=O) groups is 2. The molecule has 1 aliphatic carbocycles. The lowest BCUT2D eigenvalue weighted by Gasteiger charge is -2.24. The number of ether oxygens (including phenoxy) is 1. The van der Waals surface area contributed by atoms with Gasteiger partial charge in [-0.1, -0.05) is 43.5 Å². The molecule has 4 rings (SSSR count). The van der Waals surface area contributed by atoms with Crippen LogP contribution in [0.25, 0.3) is 21.8 Å². The number of fused-ring (bicyclic) bond motifs is 2. The number of hydrogen-bond donors (Lipinski definition) is 1. The van der Waals surface area contributed by atoms with E-state index in [9.17, 15) is 14.4 Å². The van der Waals surface area contributed by atoms with E-state index in [1.54, 1.807) is 35.8 Å². The van der Waals surface area contributed by atoms with E-state index in [2.05, 4.69) is 5.32 Å². The number of pyridine rings is 1. The highest BCUT2D eigenvalue weighted by molar-refractivity contribution is 5.94. The Balaban J connectivity index is 1.54. The minimum absolute atomic E-state index is 0.0638. The third-order valence-electron chi connectivity index (χ3n) is 5.80. The van der Waals surface area contributed by atoms with Crippen LogP contribution in [0.15, 0.2) is 53.3 Å². The third kappa shape index (κ3) is 4.08. The van der Waals surface area contributed by atoms with Crippen LogP contribution in [0.5, 0.6) is 0 Å². The molecule has 6 nitrogen and oxygen atoms in total. The monoisotopic (exact) mass is 406 g/mol. The molecule has 0 aliphatic heterocycles. The Morgan fingerprint density at radius 3 is 2.17 bits per heavy atom. The zero-order valence-electron chi connectivity index (χ0n) is 17.1. The average molecular weight is 406 g/mol. The van der Waals surface area contributed by atoms with Gasteiger partial charge in [0.15, 0.2) is 11.5 Å². The molecular weight excluding hydrogens is 380 g/mol. The molecule has 1 unspecified atom stereocenters. The number of esters is 1. The summed E-state index contributed by atoms with van der Waals surface area (Å²) in [6.07, 6.45) is 4.52. The van der Waals surface area contributed by atoms with Crippen LogP contribution in [0.2, 0.25) is 0 Å². The van der Waals surface area contributed by atoms with Gasteiger partial charge >= 0.3 is 5.97 Å². The van der Waals surface area contributed by atoms with Gasteiger partial charge < -0.3 is 14.6 Å². The normalized spacial score (nSPS) is 15.8. The van der Waals surface area contributed by atoms with Gasteiger partial charge in [0.2, 0.25) is 0 Å². The zero-order valence-corrected chi connectivity index (χ0v) is 17.1. The Morgan fingerprint density at radius 2 is 1.57 bits per heavy atom. The topological polar surface area (TPSA) is 77.4 Å². The molecule has 1 atom stereocenters. The summed E-state index contributed by atoms with van der Waals surface area (Å²) in [6, 6.07) is 14.6. The van der Waals surface area contributed by atoms with Crippen molar-refractivity contribution in [3.05, 3.63) is 58.8 Å². The van der Waals surface area contributed by atoms with Crippen LogP contribution >= 0.6 is 0 Å². The molecule has 1 N–H and O–H groups in total. The second-order valence-corrected chi connectivity index (χ2v) is 7.93. The smallest absolute Gasteiger partial charge is 0.326 e. The number of amides is 1. The number of para-hydroxylation sites is 2. The first-order valence-electron chi connectivity index (χ1n) is 10.5. The van der Waals surface area contributed by atoms with E-state index in [1.807, 2.05) is 24.3 Å². The van der Waals surface area contributed by atoms with E-state index in [-0.39, 0.29) is 23.9 Å². The fraction of sp³-hybridized carbons (Fsp3) is 0.375. The minimum atomic E-state index is -0.865. The van der Waals surface area contributed by atoms with Crippen molar-refractivity contribution in [3.8, 4) is 0 Å². The van der Waals surface area contributed by atoms with Gasteiger partial charge in [-0.15, -0.1) is 0 Å². The number of hydrogen-bond acceptors (Lipinski definition) is 4. The Morgan fingerprint density at radius 1 is 1.00 bits per heavy atom. The first-order chi connectivity index (χ1) is 14.5. The maximum absolute atomic E-state index is 12.8. The van der Waals surface area contributed by atoms with E-state index in [0.717, 1.165) is 25.7 Å². The van der Waals surface area contributed by atoms with E-state index in [0.29, 0.717) is 21.8 Å². The molecule has 2 aromatic carbocycles. The molecule has 1 aliphatic rings. The fourth-order valence-electron chi connectivity index (χ4n) is 4.23. The van der Waals surface area contributed by atoms with Crippen LogP contribution in [-0.4, -0.2) is 28.6 Å². The largest absolute Gasteiger partial charge is 0.451 e. The Labute approximate surface area is 174 Å². The standard InChI is InChI=1S/C24H26N2O4/c1-16(24(29)25-17-9-3-2-4-10-17)30-22(27)15-26-20-13-7-5-11-18(20)23(28)19-12-6-8-14-21(19)26/h5-8,11-14,16-17H,2-4,9-10,15H2,1H3,(H,25,29). The first kappa shape index (κ1) is 20.1. The summed E-state index contributed by atoms with van der Waals surface area (Å²) in [5.74, 6) is -0.773. The van der Waals surface area contributed by atoms with Crippen molar-refractivity contribution in [2.24, 2.45) is 0 Å². The van der Waals surface area contributed by atoms with Crippen LogP contribution in [0.3, 0.4) is 0 Å². The maximum atomic E-state index is 12.8. The third-order valence-corrected chi connectivity index (χ3v) is 5.80. The lowest BCUT2D eigenvalue weighted by Crippen LogP contribution is -2.43. The Bertz CT molecular complexity index is 1080. The van der Waals surface area contributed by atoms with E-state index >= 15 is 0 Å². The number of carbonyl (C=O) groups excluding carboxylic acids is 2. The molecule has 1 amide bonds. The summed E-state index contributed by atoms with van der Waals surface area (Å²) in [5, 5.41) is 4.09. The highest BCUT2D eigenvalue weighted by Gasteiger charge is 2.23. The van der Waals surface area contributed by atoms with Gasteiger partial charge in [0, 0.05) is 16.8 Å². The van der Waals surface area contributed by atoms with Crippen LogP contribution < -0.4 is 10.7 Å². The van der Waals surface area contributed by atoms with E-state index < -0.39 is 12.1 Å². The molecule has 1 aromatic heterocycles. The van der Waals surface area contributed by atoms with Crippen molar-refractivity contribution < 1.29 is 14.3 Å². The molecule has 0 spiro atoms. The van der Waals surface area contributed by atoms with Crippen LogP contribution in [0, 0.1) is 0 Å². The van der Waals surface area contributed by atoms with Crippen LogP contribution in [-0.2, 0) is 20.9 Å². The lowest BCUT2D eigenvalue weighted by atomic mass is 9.95. The van der Waals surface area contributed by atoms with Crippen molar-refractivity contribution in [1.29, 1.82) is 0 Å². The second-order valence-electron chi connectivity index (χ2n) is 7.93. The van der Waals surface area contributed by atoms with Crippen LogP contribution in [0.1, 0.15) is 39.0 Å². The van der Waals surface area contributed by atoms with Gasteiger partial charge in [0.05, 0.1) is 11.0 Å². The molecule has 1 saturated carbocycles. The molecule has 0 saturated heterocycles. The average Bonchev–Trinajstić information content (AvgIpc) is 2.77. The van der Waals surface area contributed by atoms with Gasteiger partial charge in [0.1, 0.15) is 6.54 Å². The lowest BCUT2D eigenvalue weighted by molar-refractivity contribution is -0.155. The Hall–Kier alpha value is -3.15. The molecule has 156 valence electrons. The SMILES string of the molecule is CC(OC(=O)Cn1c2ccccc2c(=O)c2ccccc21)C(=O)NC1CCCCC1. The highest BCUT2D eigenvalue weighted by Crippen LogP contribution is 2.20. The predicted octanol–water partition coefficient (Wildman–Crippen LogP) is 3.54. The molecule has 0 bridgehead atoms. The summed E-state index contributed by atoms with van der Waals surface area (Å²) in [6.45, 7) is 1.51. The summed E-state index contributed by atoms with van der Waals surface area (Å²) in [4.78, 5) is 37.9. The maximum Gasteiger partial charge on any atom is 0.326 e. The summed E-state index contributed by atoms with van der Waals surface area (Å²) in [5.41, 5.74) is 1.26. The van der Waals surface area contributed by atoms with Crippen molar-refractivity contribution in [2.45, 2.75) is 57.7 Å². The number of nitrogens with one attached hydrogen (secondary N) is 1. The Kier molecular flexibility index (Phi) is 5.84. The molecular formula is C24H26N2O4. The summed E-state index contributed by atoms with van der Waals surface area (Å²) >= 11 is 0. The molecule has 6 heteroatoms. The van der Waals surface area contributed by atoms with Gasteiger partial charge in [-0.05, 0) is 44.0 Å². The number of nitrogens with zero attached hydrogens (tertiary/aromatic N) is 1. The van der Waals surface area contributed by atoms with Crippen LogP contribution in [0.4, 0.5) is 0 Å². The fourth-order valence-corrected chi connectivity index (χ4v) is 4.23. The number of benzene rings is 2. The van der Waals surface area contributed by atoms with Crippen molar-refractivity contribution >= 4 is 33.7 Å². The highest BCUT2D eigenvalue weighted by atomic mass is 16.5. The van der Waals surface area contributed by atoms with E-state index in [4.69, 9.17) is 4.74 Å². The number of aromatic nitrogens is 1. The second kappa shape index (κ2) is 8.69. The summed E-state index contributed by atoms with van der Waals surface area (Å²) in [7, 11) is 0. The first-order valence-corrected chi connectivity index (χ1v) is 10.5. The summed E-state index contributed by atoms with van der Waals surface area (Å²) < 4.78 is 7.21. The molecule has 30 heavy (non-hydrogen) atoms. The predicted molar refractivity (Wildman–Crippen MR) is 116 cm³/mol.